The first-order valence-corrected chi connectivity index (χ1v) is 4.20. The summed E-state index contributed by atoms with van der Waals surface area (Å²) in [5.74, 6) is 0. The van der Waals surface area contributed by atoms with Gasteiger partial charge < -0.3 is 0 Å². The molecule has 24 valence electrons. The van der Waals surface area contributed by atoms with Gasteiger partial charge in [0.15, 0.2) is 0 Å². The van der Waals surface area contributed by atoms with Crippen LogP contribution in [0.5, 0.6) is 0 Å². The normalized spacial score (nSPS) is 26.0. The maximum atomic E-state index is 1.57. The van der Waals surface area contributed by atoms with Crippen LogP contribution >= 0.6 is 0 Å². The molecule has 0 nitrogen and oxygen atoms in total. The molecule has 0 unspecified atom stereocenters. The van der Waals surface area contributed by atoms with Crippen molar-refractivity contribution < 1.29 is 0 Å². The molecule has 1 heteroatoms. The summed E-state index contributed by atoms with van der Waals surface area (Å²) >= 11 is 1.16. The Labute approximate surface area is 66.9 Å². The number of hydrogen-bond acceptors (Lipinski definition) is 0. The van der Waals surface area contributed by atoms with E-state index in [0.717, 1.165) is 49.0 Å². The molecule has 1 aliphatic rings. The topological polar surface area (TPSA) is 0 Å². The van der Waals surface area contributed by atoms with Crippen LogP contribution < -0.4 is 0 Å². The van der Waals surface area contributed by atoms with Crippen molar-refractivity contribution >= 4 is 49.0 Å². The standard InChI is InChI=1S/C4H7.K/c1-2-4-3-1;/h1H,2-4H2;. The first-order valence-electron chi connectivity index (χ1n) is 2.39. The van der Waals surface area contributed by atoms with Crippen molar-refractivity contribution in [3.05, 3.63) is 0 Å². The molecule has 0 radical (unpaired) electrons. The molecule has 0 atom stereocenters. The molecular weight excluding hydrogens is 87.1 g/mol. The molecule has 0 heterocycles. The molecule has 1 saturated carbocycles. The molecule has 0 aromatic heterocycles. The summed E-state index contributed by atoms with van der Waals surface area (Å²) in [5, 5.41) is 0. The third-order valence-electron chi connectivity index (χ3n) is 1.39. The summed E-state index contributed by atoms with van der Waals surface area (Å²) in [5.41, 5.74) is 0. The molecule has 1 rings (SSSR count). The number of hydrogen-bond donors (Lipinski definition) is 0. The van der Waals surface area contributed by atoms with Crippen molar-refractivity contribution in [2.24, 2.45) is 0 Å². The Bertz CT molecular complexity index is 30.6. The van der Waals surface area contributed by atoms with Crippen LogP contribution in [0.2, 0.25) is 0.0125 Å². The summed E-state index contributed by atoms with van der Waals surface area (Å²) in [6.07, 6.45) is 4.67. The van der Waals surface area contributed by atoms with Gasteiger partial charge in [-0.15, -0.1) is 0 Å². The molecule has 5 heavy (non-hydrogen) atoms. The third kappa shape index (κ3) is 1.28. The van der Waals surface area contributed by atoms with E-state index >= 15 is 0 Å². The van der Waals surface area contributed by atoms with Crippen LogP contribution in [-0.4, -0.2) is 49.0 Å². The fraction of sp³-hybridized carbons (Fsp3) is 1.00. The Kier molecular flexibility index (Phi) is 1.99. The predicted octanol–water partition coefficient (Wildman–Crippen LogP) is 1.13. The second-order valence-corrected chi connectivity index (χ2v) is 4.59. The van der Waals surface area contributed by atoms with Gasteiger partial charge in [-0.25, -0.2) is 0 Å². The second kappa shape index (κ2) is 2.08. The molecule has 0 N–H and O–H groups in total. The van der Waals surface area contributed by atoms with E-state index in [0.29, 0.717) is 0 Å². The molecule has 1 fully saturated rings. The molecule has 0 spiro atoms. The van der Waals surface area contributed by atoms with Crippen LogP contribution in [0.4, 0.5) is 0 Å². The molecule has 1 aliphatic carbocycles. The zero-order valence-electron chi connectivity index (χ0n) is 3.70. The van der Waals surface area contributed by atoms with E-state index in [1.54, 1.807) is 12.8 Å². The van der Waals surface area contributed by atoms with Gasteiger partial charge >= 0.3 is 68.2 Å². The van der Waals surface area contributed by atoms with E-state index in [1.807, 2.05) is 0 Å². The zero-order valence-corrected chi connectivity index (χ0v) is 6.82. The van der Waals surface area contributed by atoms with Crippen LogP contribution in [0.25, 0.3) is 0 Å². The van der Waals surface area contributed by atoms with Crippen molar-refractivity contribution in [2.45, 2.75) is 19.3 Å². The van der Waals surface area contributed by atoms with Gasteiger partial charge in [0.05, 0.1) is 0 Å². The van der Waals surface area contributed by atoms with Crippen LogP contribution in [0.15, 0.2) is 0 Å². The summed E-state index contributed by atoms with van der Waals surface area (Å²) in [6.45, 7) is 0. The Morgan fingerprint density at radius 3 is 1.80 bits per heavy atom. The van der Waals surface area contributed by atoms with Gasteiger partial charge in [-0.2, -0.15) is 0 Å². The minimum absolute atomic E-state index is 1.16. The Balaban J connectivity index is 2.08. The van der Waals surface area contributed by atoms with Gasteiger partial charge in [-0.3, -0.25) is 0 Å². The van der Waals surface area contributed by atoms with Gasteiger partial charge in [-0.1, -0.05) is 0 Å². The average Bonchev–Trinajstić information content (AvgIpc) is 1.30. The molecule has 0 aromatic carbocycles. The van der Waals surface area contributed by atoms with Crippen LogP contribution in [0, 0.1) is 0 Å². The van der Waals surface area contributed by atoms with Crippen molar-refractivity contribution in [1.29, 1.82) is 0 Å². The zero-order chi connectivity index (χ0) is 3.70. The predicted molar refractivity (Wildman–Crippen MR) is 23.4 cm³/mol. The average molecular weight is 94.2 g/mol. The van der Waals surface area contributed by atoms with Crippen molar-refractivity contribution in [3.63, 3.8) is 0 Å². The van der Waals surface area contributed by atoms with E-state index in [4.69, 9.17) is 0 Å². The minimum atomic E-state index is 1.16. The summed E-state index contributed by atoms with van der Waals surface area (Å²) in [7, 11) is 0. The molecule has 0 bridgehead atoms. The fourth-order valence-electron chi connectivity index (χ4n) is 0.612. The SMILES string of the molecule is [K][CH]1CCC1. The van der Waals surface area contributed by atoms with E-state index in [1.165, 1.54) is 6.43 Å². The van der Waals surface area contributed by atoms with Gasteiger partial charge in [0.25, 0.3) is 0 Å². The van der Waals surface area contributed by atoms with Crippen molar-refractivity contribution in [3.8, 4) is 0 Å². The van der Waals surface area contributed by atoms with Gasteiger partial charge in [0, 0.05) is 0 Å². The van der Waals surface area contributed by atoms with Gasteiger partial charge in [0.2, 0.25) is 0 Å². The Morgan fingerprint density at radius 1 is 1.40 bits per heavy atom. The molecular formula is C4H7K. The quantitative estimate of drug-likeness (QED) is 0.395. The Morgan fingerprint density at radius 2 is 1.80 bits per heavy atom. The molecule has 0 aliphatic heterocycles. The summed E-state index contributed by atoms with van der Waals surface area (Å²) in [6, 6.07) is 0. The fourth-order valence-corrected chi connectivity index (χ4v) is 1.89. The van der Waals surface area contributed by atoms with E-state index < -0.39 is 0 Å². The third-order valence-corrected chi connectivity index (χ3v) is 3.20. The Hall–Kier alpha value is 1.64. The number of rotatable bonds is 0. The maximum absolute atomic E-state index is 1.57. The summed E-state index contributed by atoms with van der Waals surface area (Å²) < 4.78 is 1.25. The van der Waals surface area contributed by atoms with E-state index in [9.17, 15) is 0 Å². The molecule has 0 saturated heterocycles. The van der Waals surface area contributed by atoms with Gasteiger partial charge in [-0.05, 0) is 0 Å². The monoisotopic (exact) mass is 94.0 g/mol. The van der Waals surface area contributed by atoms with Crippen LogP contribution in [-0.2, 0) is 0 Å². The van der Waals surface area contributed by atoms with E-state index in [2.05, 4.69) is 0 Å². The van der Waals surface area contributed by atoms with E-state index in [-0.39, 0.29) is 0 Å². The van der Waals surface area contributed by atoms with Crippen LogP contribution in [0.1, 0.15) is 19.3 Å². The molecule has 0 amide bonds. The second-order valence-electron chi connectivity index (χ2n) is 2.04. The van der Waals surface area contributed by atoms with Crippen LogP contribution in [0.3, 0.4) is 0 Å². The molecule has 0 aromatic rings. The van der Waals surface area contributed by atoms with Gasteiger partial charge in [0.1, 0.15) is 0 Å². The van der Waals surface area contributed by atoms with Crippen molar-refractivity contribution in [2.75, 3.05) is 0 Å². The van der Waals surface area contributed by atoms with Crippen molar-refractivity contribution in [1.82, 2.24) is 0 Å². The summed E-state index contributed by atoms with van der Waals surface area (Å²) in [4.78, 5) is 0. The first-order chi connectivity index (χ1) is 2.39. The first kappa shape index (κ1) is 4.79.